The highest BCUT2D eigenvalue weighted by molar-refractivity contribution is 5.92. The number of aromatic amines is 1. The molecule has 23 heavy (non-hydrogen) atoms. The van der Waals surface area contributed by atoms with Gasteiger partial charge in [-0.3, -0.25) is 14.6 Å². The average molecular weight is 323 g/mol. The molecule has 0 saturated carbocycles. The number of amides is 1. The molecular weight excluding hydrogens is 304 g/mol. The highest BCUT2D eigenvalue weighted by Gasteiger charge is 2.29. The van der Waals surface area contributed by atoms with Crippen molar-refractivity contribution in [3.05, 3.63) is 35.9 Å². The Kier molecular flexibility index (Phi) is 4.68. The fourth-order valence-electron chi connectivity index (χ4n) is 2.99. The Labute approximate surface area is 132 Å². The van der Waals surface area contributed by atoms with Gasteiger partial charge >= 0.3 is 0 Å². The highest BCUT2D eigenvalue weighted by atomic mass is 19.3. The fourth-order valence-corrected chi connectivity index (χ4v) is 2.99. The Morgan fingerprint density at radius 1 is 1.43 bits per heavy atom. The van der Waals surface area contributed by atoms with E-state index < -0.39 is 6.43 Å². The lowest BCUT2D eigenvalue weighted by atomic mass is 9.99. The molecule has 1 N–H and O–H groups in total. The summed E-state index contributed by atoms with van der Waals surface area (Å²) in [4.78, 5) is 14.3. The quantitative estimate of drug-likeness (QED) is 0.920. The molecule has 0 spiro atoms. The van der Waals surface area contributed by atoms with Crippen molar-refractivity contribution in [3.63, 3.8) is 0 Å². The number of likely N-dealkylation sites (tertiary alicyclic amines) is 1. The van der Waals surface area contributed by atoms with Crippen molar-refractivity contribution in [1.82, 2.24) is 24.9 Å². The van der Waals surface area contributed by atoms with Gasteiger partial charge in [0.2, 0.25) is 0 Å². The van der Waals surface area contributed by atoms with Gasteiger partial charge in [0.1, 0.15) is 5.69 Å². The van der Waals surface area contributed by atoms with Gasteiger partial charge in [0, 0.05) is 31.5 Å². The second-order valence-corrected chi connectivity index (χ2v) is 5.72. The van der Waals surface area contributed by atoms with Crippen LogP contribution in [0.2, 0.25) is 0 Å². The molecular formula is C15H19F2N5O. The number of nitrogens with zero attached hydrogens (tertiary/aromatic N) is 4. The third-order valence-electron chi connectivity index (χ3n) is 4.19. The number of H-pyrrole nitrogens is 1. The summed E-state index contributed by atoms with van der Waals surface area (Å²) < 4.78 is 27.1. The van der Waals surface area contributed by atoms with Crippen molar-refractivity contribution >= 4 is 5.91 Å². The van der Waals surface area contributed by atoms with E-state index in [0.29, 0.717) is 6.54 Å². The van der Waals surface area contributed by atoms with Crippen LogP contribution in [0.25, 0.3) is 0 Å². The molecule has 8 heteroatoms. The normalized spacial score (nSPS) is 18.6. The maximum absolute atomic E-state index is 12.6. The van der Waals surface area contributed by atoms with E-state index in [9.17, 15) is 13.6 Å². The number of piperidine rings is 1. The molecule has 1 unspecified atom stereocenters. The van der Waals surface area contributed by atoms with Gasteiger partial charge in [0.05, 0.1) is 0 Å². The van der Waals surface area contributed by atoms with Crippen LogP contribution >= 0.6 is 0 Å². The first-order valence-electron chi connectivity index (χ1n) is 7.77. The Bertz CT molecular complexity index is 640. The van der Waals surface area contributed by atoms with Crippen LogP contribution in [0.4, 0.5) is 8.78 Å². The van der Waals surface area contributed by atoms with E-state index >= 15 is 0 Å². The predicted octanol–water partition coefficient (Wildman–Crippen LogP) is 2.63. The lowest BCUT2D eigenvalue weighted by Gasteiger charge is -2.35. The van der Waals surface area contributed by atoms with Gasteiger partial charge in [-0.25, -0.2) is 8.78 Å². The number of carbonyl (C=O) groups excluding carboxylic acids is 1. The number of aryl methyl sites for hydroxylation is 1. The van der Waals surface area contributed by atoms with Crippen LogP contribution in [-0.2, 0) is 6.54 Å². The number of carbonyl (C=O) groups is 1. The summed E-state index contributed by atoms with van der Waals surface area (Å²) >= 11 is 0. The third kappa shape index (κ3) is 3.57. The first-order chi connectivity index (χ1) is 11.1. The Morgan fingerprint density at radius 3 is 3.00 bits per heavy atom. The maximum atomic E-state index is 12.6. The van der Waals surface area contributed by atoms with Crippen molar-refractivity contribution in [2.75, 3.05) is 6.54 Å². The van der Waals surface area contributed by atoms with E-state index in [1.165, 1.54) is 0 Å². The number of rotatable bonds is 5. The molecule has 1 aliphatic heterocycles. The number of aromatic nitrogens is 4. The van der Waals surface area contributed by atoms with Crippen LogP contribution in [0.1, 0.15) is 48.3 Å². The van der Waals surface area contributed by atoms with Gasteiger partial charge in [-0.2, -0.15) is 10.2 Å². The molecule has 1 aliphatic rings. The maximum Gasteiger partial charge on any atom is 0.279 e. The van der Waals surface area contributed by atoms with E-state index in [1.807, 2.05) is 16.9 Å². The first kappa shape index (κ1) is 15.6. The molecule has 1 atom stereocenters. The summed E-state index contributed by atoms with van der Waals surface area (Å²) in [7, 11) is 0. The van der Waals surface area contributed by atoms with Crippen LogP contribution in [0.15, 0.2) is 24.5 Å². The molecule has 1 amide bonds. The second kappa shape index (κ2) is 6.89. The van der Waals surface area contributed by atoms with E-state index in [2.05, 4.69) is 15.3 Å². The predicted molar refractivity (Wildman–Crippen MR) is 79.1 cm³/mol. The van der Waals surface area contributed by atoms with E-state index in [-0.39, 0.29) is 23.3 Å². The summed E-state index contributed by atoms with van der Waals surface area (Å²) in [6, 6.07) is 3.10. The molecule has 3 rings (SSSR count). The second-order valence-electron chi connectivity index (χ2n) is 5.72. The van der Waals surface area contributed by atoms with Crippen molar-refractivity contribution < 1.29 is 13.6 Å². The third-order valence-corrected chi connectivity index (χ3v) is 4.19. The number of alkyl halides is 2. The highest BCUT2D eigenvalue weighted by Crippen LogP contribution is 2.23. The zero-order chi connectivity index (χ0) is 16.2. The lowest BCUT2D eigenvalue weighted by molar-refractivity contribution is 0.0588. The molecule has 0 aliphatic carbocycles. The summed E-state index contributed by atoms with van der Waals surface area (Å²) in [5, 5.41) is 10.1. The van der Waals surface area contributed by atoms with Gasteiger partial charge in [-0.15, -0.1) is 0 Å². The molecule has 2 aromatic heterocycles. The number of halogens is 2. The van der Waals surface area contributed by atoms with Crippen LogP contribution < -0.4 is 0 Å². The monoisotopic (exact) mass is 323 g/mol. The first-order valence-corrected chi connectivity index (χ1v) is 7.77. The van der Waals surface area contributed by atoms with E-state index in [1.54, 1.807) is 11.1 Å². The van der Waals surface area contributed by atoms with Crippen molar-refractivity contribution in [2.45, 2.75) is 44.7 Å². The van der Waals surface area contributed by atoms with Gasteiger partial charge in [-0.05, 0) is 37.8 Å². The standard InChI is InChI=1S/C15H19F2N5O/c16-14(17)12-10-13(20-19-12)15(23)22-8-2-1-4-11(22)5-9-21-7-3-6-18-21/h3,6-7,10-11,14H,1-2,4-5,8-9H2,(H,19,20). The van der Waals surface area contributed by atoms with E-state index in [0.717, 1.165) is 38.3 Å². The van der Waals surface area contributed by atoms with Crippen LogP contribution in [-0.4, -0.2) is 43.4 Å². The minimum atomic E-state index is -2.65. The molecule has 0 aromatic carbocycles. The molecule has 6 nitrogen and oxygen atoms in total. The lowest BCUT2D eigenvalue weighted by Crippen LogP contribution is -2.44. The Hall–Kier alpha value is -2.25. The SMILES string of the molecule is O=C(c1cc(C(F)F)[nH]n1)N1CCCCC1CCn1cccn1. The molecule has 124 valence electrons. The van der Waals surface area contributed by atoms with Crippen LogP contribution in [0.3, 0.4) is 0 Å². The average Bonchev–Trinajstić information content (AvgIpc) is 3.24. The van der Waals surface area contributed by atoms with Crippen molar-refractivity contribution in [2.24, 2.45) is 0 Å². The topological polar surface area (TPSA) is 66.8 Å². The summed E-state index contributed by atoms with van der Waals surface area (Å²) in [6.07, 6.45) is 4.66. The van der Waals surface area contributed by atoms with Gasteiger partial charge in [-0.1, -0.05) is 0 Å². The van der Waals surface area contributed by atoms with E-state index in [4.69, 9.17) is 0 Å². The van der Waals surface area contributed by atoms with Crippen molar-refractivity contribution in [3.8, 4) is 0 Å². The molecule has 0 radical (unpaired) electrons. The molecule has 2 aromatic rings. The van der Waals surface area contributed by atoms with Crippen molar-refractivity contribution in [1.29, 1.82) is 0 Å². The zero-order valence-electron chi connectivity index (χ0n) is 12.7. The largest absolute Gasteiger partial charge is 0.334 e. The van der Waals surface area contributed by atoms with Gasteiger partial charge in [0.25, 0.3) is 12.3 Å². The minimum absolute atomic E-state index is 0.0614. The Morgan fingerprint density at radius 2 is 2.30 bits per heavy atom. The number of hydrogen-bond donors (Lipinski definition) is 1. The van der Waals surface area contributed by atoms with Crippen LogP contribution in [0.5, 0.6) is 0 Å². The van der Waals surface area contributed by atoms with Gasteiger partial charge in [0.15, 0.2) is 5.69 Å². The Balaban J connectivity index is 1.68. The zero-order valence-corrected chi connectivity index (χ0v) is 12.7. The fraction of sp³-hybridized carbons (Fsp3) is 0.533. The summed E-state index contributed by atoms with van der Waals surface area (Å²) in [6.45, 7) is 1.36. The van der Waals surface area contributed by atoms with Gasteiger partial charge < -0.3 is 4.90 Å². The summed E-state index contributed by atoms with van der Waals surface area (Å²) in [5.41, 5.74) is -0.260. The molecule has 0 bridgehead atoms. The smallest absolute Gasteiger partial charge is 0.279 e. The molecule has 1 saturated heterocycles. The van der Waals surface area contributed by atoms with Crippen LogP contribution in [0, 0.1) is 0 Å². The summed E-state index contributed by atoms with van der Waals surface area (Å²) in [5.74, 6) is -0.279. The molecule has 1 fully saturated rings. The minimum Gasteiger partial charge on any atom is -0.334 e. The number of hydrogen-bond acceptors (Lipinski definition) is 3. The number of nitrogens with one attached hydrogen (secondary N) is 1. The molecule has 3 heterocycles.